The number of hydrogen-bond donors (Lipinski definition) is 0. The van der Waals surface area contributed by atoms with Crippen molar-refractivity contribution in [3.63, 3.8) is 0 Å². The second-order valence-corrected chi connectivity index (χ2v) is 9.94. The summed E-state index contributed by atoms with van der Waals surface area (Å²) >= 11 is 4.80. The number of amides is 1. The molecule has 1 aliphatic rings. The van der Waals surface area contributed by atoms with Crippen LogP contribution in [0.3, 0.4) is 0 Å². The number of methoxy groups -OCH3 is 1. The number of benzene rings is 3. The zero-order valence-corrected chi connectivity index (χ0v) is 23.3. The van der Waals surface area contributed by atoms with E-state index in [4.69, 9.17) is 14.2 Å². The van der Waals surface area contributed by atoms with Crippen LogP contribution in [0.5, 0.6) is 11.5 Å². The van der Waals surface area contributed by atoms with Crippen molar-refractivity contribution in [1.82, 2.24) is 4.90 Å². The standard InChI is InChI=1S/C28H24BrFN2O5S/c1-4-36-27(34)18-7-11-21(12-8-18)31-28-32(2)26(33)25(38-28)14-19-13-23(35-3)24(15-22(19)29)37-16-17-5-9-20(30)10-6-17/h5-15H,4,16H2,1-3H3/b25-14-,31-28?. The Morgan fingerprint density at radius 3 is 2.47 bits per heavy atom. The van der Waals surface area contributed by atoms with Gasteiger partial charge in [0, 0.05) is 11.5 Å². The first kappa shape index (κ1) is 27.4. The van der Waals surface area contributed by atoms with Crippen molar-refractivity contribution in [3.8, 4) is 11.5 Å². The van der Waals surface area contributed by atoms with Crippen molar-refractivity contribution in [2.24, 2.45) is 4.99 Å². The van der Waals surface area contributed by atoms with Gasteiger partial charge < -0.3 is 14.2 Å². The predicted octanol–water partition coefficient (Wildman–Crippen LogP) is 6.59. The zero-order chi connectivity index (χ0) is 27.2. The summed E-state index contributed by atoms with van der Waals surface area (Å²) in [6.45, 7) is 2.29. The molecule has 1 amide bonds. The van der Waals surface area contributed by atoms with Crippen LogP contribution < -0.4 is 9.47 Å². The highest BCUT2D eigenvalue weighted by Crippen LogP contribution is 2.38. The van der Waals surface area contributed by atoms with Gasteiger partial charge in [-0.15, -0.1) is 0 Å². The van der Waals surface area contributed by atoms with Gasteiger partial charge in [0.25, 0.3) is 5.91 Å². The summed E-state index contributed by atoms with van der Waals surface area (Å²) in [7, 11) is 3.19. The van der Waals surface area contributed by atoms with Crippen molar-refractivity contribution in [2.75, 3.05) is 20.8 Å². The molecule has 1 fully saturated rings. The molecule has 0 unspecified atom stereocenters. The van der Waals surface area contributed by atoms with Crippen LogP contribution in [0.2, 0.25) is 0 Å². The molecule has 38 heavy (non-hydrogen) atoms. The lowest BCUT2D eigenvalue weighted by molar-refractivity contribution is -0.121. The van der Waals surface area contributed by atoms with Crippen LogP contribution in [0.25, 0.3) is 6.08 Å². The molecule has 0 atom stereocenters. The minimum atomic E-state index is -0.396. The van der Waals surface area contributed by atoms with Gasteiger partial charge in [0.15, 0.2) is 16.7 Å². The number of nitrogens with zero attached hydrogens (tertiary/aromatic N) is 2. The maximum atomic E-state index is 13.2. The second kappa shape index (κ2) is 12.3. The highest BCUT2D eigenvalue weighted by atomic mass is 79.9. The highest BCUT2D eigenvalue weighted by Gasteiger charge is 2.30. The average Bonchev–Trinajstić information content (AvgIpc) is 3.17. The van der Waals surface area contributed by atoms with Gasteiger partial charge in [-0.05, 0) is 84.4 Å². The van der Waals surface area contributed by atoms with E-state index in [0.29, 0.717) is 43.9 Å². The van der Waals surface area contributed by atoms with Gasteiger partial charge in [-0.25, -0.2) is 14.2 Å². The van der Waals surface area contributed by atoms with Gasteiger partial charge in [0.1, 0.15) is 12.4 Å². The van der Waals surface area contributed by atoms with E-state index < -0.39 is 5.97 Å². The summed E-state index contributed by atoms with van der Waals surface area (Å²) in [5, 5.41) is 0.507. The van der Waals surface area contributed by atoms with E-state index >= 15 is 0 Å². The average molecular weight is 599 g/mol. The summed E-state index contributed by atoms with van der Waals surface area (Å²) in [4.78, 5) is 31.3. The third-order valence-electron chi connectivity index (χ3n) is 5.48. The number of rotatable bonds is 8. The molecular weight excluding hydrogens is 575 g/mol. The minimum Gasteiger partial charge on any atom is -0.493 e. The molecule has 3 aromatic rings. The van der Waals surface area contributed by atoms with E-state index in [1.165, 1.54) is 35.9 Å². The van der Waals surface area contributed by atoms with Crippen LogP contribution in [-0.2, 0) is 16.1 Å². The molecule has 10 heteroatoms. The first-order valence-electron chi connectivity index (χ1n) is 11.6. The van der Waals surface area contributed by atoms with Crippen molar-refractivity contribution in [3.05, 3.63) is 92.5 Å². The normalized spacial score (nSPS) is 15.3. The fourth-order valence-corrected chi connectivity index (χ4v) is 4.88. The first-order valence-corrected chi connectivity index (χ1v) is 13.2. The molecule has 196 valence electrons. The minimum absolute atomic E-state index is 0.195. The van der Waals surface area contributed by atoms with Crippen molar-refractivity contribution in [2.45, 2.75) is 13.5 Å². The van der Waals surface area contributed by atoms with Gasteiger partial charge in [-0.3, -0.25) is 9.69 Å². The van der Waals surface area contributed by atoms with Crippen LogP contribution in [-0.4, -0.2) is 42.7 Å². The van der Waals surface area contributed by atoms with Crippen LogP contribution >= 0.6 is 27.7 Å². The van der Waals surface area contributed by atoms with Crippen molar-refractivity contribution in [1.29, 1.82) is 0 Å². The van der Waals surface area contributed by atoms with E-state index in [1.54, 1.807) is 68.6 Å². The highest BCUT2D eigenvalue weighted by molar-refractivity contribution is 9.10. The van der Waals surface area contributed by atoms with Gasteiger partial charge in [0.05, 0.1) is 29.9 Å². The topological polar surface area (TPSA) is 77.4 Å². The Kier molecular flexibility index (Phi) is 8.85. The summed E-state index contributed by atoms with van der Waals surface area (Å²) in [6.07, 6.45) is 1.76. The number of hydrogen-bond acceptors (Lipinski definition) is 7. The number of aliphatic imine (C=N–C) groups is 1. The number of carbonyl (C=O) groups excluding carboxylic acids is 2. The van der Waals surface area contributed by atoms with E-state index in [-0.39, 0.29) is 18.3 Å². The molecule has 4 rings (SSSR count). The van der Waals surface area contributed by atoms with Gasteiger partial charge in [-0.2, -0.15) is 0 Å². The fourth-order valence-electron chi connectivity index (χ4n) is 3.47. The van der Waals surface area contributed by atoms with Crippen molar-refractivity contribution < 1.29 is 28.2 Å². The lowest BCUT2D eigenvalue weighted by Crippen LogP contribution is -2.23. The molecule has 0 saturated carbocycles. The molecule has 7 nitrogen and oxygen atoms in total. The molecule has 3 aromatic carbocycles. The molecule has 0 spiro atoms. The zero-order valence-electron chi connectivity index (χ0n) is 20.9. The summed E-state index contributed by atoms with van der Waals surface area (Å²) in [5.74, 6) is 0.0895. The molecule has 0 bridgehead atoms. The fraction of sp³-hybridized carbons (Fsp3) is 0.179. The molecular formula is C28H24BrFN2O5S. The van der Waals surface area contributed by atoms with Gasteiger partial charge in [-0.1, -0.05) is 28.1 Å². The lowest BCUT2D eigenvalue weighted by atomic mass is 10.1. The molecule has 0 radical (unpaired) electrons. The smallest absolute Gasteiger partial charge is 0.338 e. The van der Waals surface area contributed by atoms with Gasteiger partial charge >= 0.3 is 5.97 Å². The van der Waals surface area contributed by atoms with Crippen LogP contribution in [0.15, 0.2) is 75.0 Å². The van der Waals surface area contributed by atoms with Crippen LogP contribution in [0.1, 0.15) is 28.4 Å². The maximum Gasteiger partial charge on any atom is 0.338 e. The number of amidine groups is 1. The Labute approximate surface area is 232 Å². The Balaban J connectivity index is 1.52. The predicted molar refractivity (Wildman–Crippen MR) is 149 cm³/mol. The summed E-state index contributed by atoms with van der Waals surface area (Å²) < 4.78 is 30.3. The van der Waals surface area contributed by atoms with E-state index in [0.717, 1.165) is 11.1 Å². The Hall–Kier alpha value is -3.63. The SMILES string of the molecule is CCOC(=O)c1ccc(N=C2S/C(=C\c3cc(OC)c(OCc4ccc(F)cc4)cc3Br)C(=O)N2C)cc1. The largest absolute Gasteiger partial charge is 0.493 e. The van der Waals surface area contributed by atoms with Gasteiger partial charge in [0.2, 0.25) is 0 Å². The third kappa shape index (κ3) is 6.43. The maximum absolute atomic E-state index is 13.2. The molecule has 1 saturated heterocycles. The van der Waals surface area contributed by atoms with Crippen molar-refractivity contribution >= 4 is 56.5 Å². The summed E-state index contributed by atoms with van der Waals surface area (Å²) in [5.41, 5.74) is 2.57. The second-order valence-electron chi connectivity index (χ2n) is 8.08. The Morgan fingerprint density at radius 1 is 1.11 bits per heavy atom. The molecule has 0 aromatic heterocycles. The monoisotopic (exact) mass is 598 g/mol. The Morgan fingerprint density at radius 2 is 1.82 bits per heavy atom. The lowest BCUT2D eigenvalue weighted by Gasteiger charge is -2.13. The molecule has 0 aliphatic carbocycles. The number of halogens is 2. The van der Waals surface area contributed by atoms with Crippen LogP contribution in [0.4, 0.5) is 10.1 Å². The quantitative estimate of drug-likeness (QED) is 0.215. The third-order valence-corrected chi connectivity index (χ3v) is 7.23. The molecule has 0 N–H and O–H groups in total. The number of carbonyl (C=O) groups is 2. The molecule has 1 heterocycles. The van der Waals surface area contributed by atoms with Crippen LogP contribution in [0, 0.1) is 5.82 Å². The van der Waals surface area contributed by atoms with E-state index in [9.17, 15) is 14.0 Å². The summed E-state index contributed by atoms with van der Waals surface area (Å²) in [6, 6.07) is 16.3. The number of likely N-dealkylation sites (N-methyl/N-ethyl adjacent to an activating group) is 1. The number of esters is 1. The first-order chi connectivity index (χ1) is 18.3. The van der Waals surface area contributed by atoms with E-state index in [1.807, 2.05) is 0 Å². The number of thioether (sulfide) groups is 1. The number of ether oxygens (including phenoxy) is 3. The molecule has 1 aliphatic heterocycles. The van der Waals surface area contributed by atoms with E-state index in [2.05, 4.69) is 20.9 Å². The Bertz CT molecular complexity index is 1410.